The van der Waals surface area contributed by atoms with E-state index in [1.165, 1.54) is 18.0 Å². The van der Waals surface area contributed by atoms with Gasteiger partial charge in [-0.25, -0.2) is 4.98 Å². The second-order valence-corrected chi connectivity index (χ2v) is 3.79. The van der Waals surface area contributed by atoms with E-state index in [1.54, 1.807) is 0 Å². The van der Waals surface area contributed by atoms with Crippen molar-refractivity contribution in [1.29, 1.82) is 0 Å². The molecule has 0 bridgehead atoms. The van der Waals surface area contributed by atoms with Crippen LogP contribution in [0.2, 0.25) is 0 Å². The Labute approximate surface area is 77.4 Å². The largest absolute Gasteiger partial charge is 0.360 e. The van der Waals surface area contributed by atoms with Crippen molar-refractivity contribution < 1.29 is 0 Å². The normalized spacial score (nSPS) is 12.9. The van der Waals surface area contributed by atoms with Crippen molar-refractivity contribution in [1.82, 2.24) is 9.36 Å². The number of anilines is 1. The maximum Gasteiger partial charge on any atom is 0.202 e. The van der Waals surface area contributed by atoms with Crippen LogP contribution >= 0.6 is 11.5 Å². The number of rotatable bonds is 4. The molecule has 1 rings (SSSR count). The molecule has 1 heterocycles. The standard InChI is InChI=1S/C8H15N3S/c1-4-6(2)5-9-8-10-7(3)11-12-8/h6H,4-5H2,1-3H3,(H,9,10,11). The molecule has 0 aromatic carbocycles. The lowest BCUT2D eigenvalue weighted by Gasteiger charge is -2.07. The molecule has 0 saturated carbocycles. The van der Waals surface area contributed by atoms with E-state index in [2.05, 4.69) is 28.5 Å². The number of aromatic nitrogens is 2. The third kappa shape index (κ3) is 2.77. The molecule has 0 amide bonds. The van der Waals surface area contributed by atoms with Gasteiger partial charge in [-0.2, -0.15) is 4.37 Å². The van der Waals surface area contributed by atoms with Gasteiger partial charge in [0, 0.05) is 18.1 Å². The molecule has 4 heteroatoms. The van der Waals surface area contributed by atoms with Gasteiger partial charge in [0.1, 0.15) is 5.82 Å². The van der Waals surface area contributed by atoms with Crippen LogP contribution in [0.25, 0.3) is 0 Å². The molecule has 0 fully saturated rings. The summed E-state index contributed by atoms with van der Waals surface area (Å²) in [6, 6.07) is 0. The number of nitrogens with zero attached hydrogens (tertiary/aromatic N) is 2. The Morgan fingerprint density at radius 2 is 2.33 bits per heavy atom. The number of nitrogens with one attached hydrogen (secondary N) is 1. The topological polar surface area (TPSA) is 37.8 Å². The van der Waals surface area contributed by atoms with Gasteiger partial charge in [-0.1, -0.05) is 20.3 Å². The Balaban J connectivity index is 2.33. The fraction of sp³-hybridized carbons (Fsp3) is 0.750. The number of aryl methyl sites for hydroxylation is 1. The van der Waals surface area contributed by atoms with E-state index < -0.39 is 0 Å². The zero-order valence-electron chi connectivity index (χ0n) is 7.79. The molecule has 1 unspecified atom stereocenters. The van der Waals surface area contributed by atoms with E-state index in [4.69, 9.17) is 0 Å². The average molecular weight is 185 g/mol. The lowest BCUT2D eigenvalue weighted by atomic mass is 10.1. The van der Waals surface area contributed by atoms with Gasteiger partial charge in [0.15, 0.2) is 0 Å². The maximum absolute atomic E-state index is 4.21. The average Bonchev–Trinajstić information content (AvgIpc) is 2.47. The first-order chi connectivity index (χ1) is 5.72. The fourth-order valence-corrected chi connectivity index (χ4v) is 1.35. The van der Waals surface area contributed by atoms with Crippen LogP contribution in [0.5, 0.6) is 0 Å². The van der Waals surface area contributed by atoms with Crippen molar-refractivity contribution in [2.75, 3.05) is 11.9 Å². The quantitative estimate of drug-likeness (QED) is 0.782. The van der Waals surface area contributed by atoms with E-state index in [1.807, 2.05) is 6.92 Å². The summed E-state index contributed by atoms with van der Waals surface area (Å²) in [6.45, 7) is 7.31. The molecule has 68 valence electrons. The van der Waals surface area contributed by atoms with Gasteiger partial charge in [0.2, 0.25) is 5.13 Å². The summed E-state index contributed by atoms with van der Waals surface area (Å²) in [4.78, 5) is 4.21. The molecule has 1 atom stereocenters. The molecule has 3 nitrogen and oxygen atoms in total. The van der Waals surface area contributed by atoms with Gasteiger partial charge in [0.25, 0.3) is 0 Å². The van der Waals surface area contributed by atoms with Crippen molar-refractivity contribution in [3.05, 3.63) is 5.82 Å². The second-order valence-electron chi connectivity index (χ2n) is 3.04. The minimum atomic E-state index is 0.703. The molecule has 0 aliphatic heterocycles. The van der Waals surface area contributed by atoms with Gasteiger partial charge < -0.3 is 5.32 Å². The highest BCUT2D eigenvalue weighted by molar-refractivity contribution is 7.09. The second kappa shape index (κ2) is 4.40. The Bertz CT molecular complexity index is 234. The molecule has 0 spiro atoms. The SMILES string of the molecule is CCC(C)CNc1nc(C)ns1. The van der Waals surface area contributed by atoms with Crippen LogP contribution in [0.1, 0.15) is 26.1 Å². The fourth-order valence-electron chi connectivity index (χ4n) is 0.775. The molecule has 0 aliphatic rings. The minimum Gasteiger partial charge on any atom is -0.360 e. The van der Waals surface area contributed by atoms with E-state index in [0.29, 0.717) is 5.92 Å². The monoisotopic (exact) mass is 185 g/mol. The van der Waals surface area contributed by atoms with E-state index >= 15 is 0 Å². The molecule has 0 saturated heterocycles. The van der Waals surface area contributed by atoms with E-state index in [9.17, 15) is 0 Å². The van der Waals surface area contributed by atoms with Crippen LogP contribution in [0, 0.1) is 12.8 Å². The zero-order chi connectivity index (χ0) is 8.97. The molecule has 1 aromatic heterocycles. The molecule has 12 heavy (non-hydrogen) atoms. The first-order valence-corrected chi connectivity index (χ1v) is 5.04. The molecule has 1 N–H and O–H groups in total. The van der Waals surface area contributed by atoms with Crippen LogP contribution in [-0.4, -0.2) is 15.9 Å². The molecular formula is C8H15N3S. The maximum atomic E-state index is 4.21. The summed E-state index contributed by atoms with van der Waals surface area (Å²) >= 11 is 1.43. The summed E-state index contributed by atoms with van der Waals surface area (Å²) < 4.78 is 4.09. The summed E-state index contributed by atoms with van der Waals surface area (Å²) in [6.07, 6.45) is 1.20. The summed E-state index contributed by atoms with van der Waals surface area (Å²) in [5.41, 5.74) is 0. The van der Waals surface area contributed by atoms with Crippen LogP contribution < -0.4 is 5.32 Å². The van der Waals surface area contributed by atoms with Gasteiger partial charge in [-0.3, -0.25) is 0 Å². The van der Waals surface area contributed by atoms with Crippen LogP contribution in [0.4, 0.5) is 5.13 Å². The molecule has 0 radical (unpaired) electrons. The minimum absolute atomic E-state index is 0.703. The zero-order valence-corrected chi connectivity index (χ0v) is 8.61. The van der Waals surface area contributed by atoms with Crippen molar-refractivity contribution in [3.63, 3.8) is 0 Å². The molecular weight excluding hydrogens is 170 g/mol. The third-order valence-electron chi connectivity index (χ3n) is 1.83. The van der Waals surface area contributed by atoms with E-state index in [0.717, 1.165) is 17.5 Å². The van der Waals surface area contributed by atoms with Crippen molar-refractivity contribution in [2.24, 2.45) is 5.92 Å². The van der Waals surface area contributed by atoms with Gasteiger partial charge >= 0.3 is 0 Å². The molecule has 0 aliphatic carbocycles. The molecule has 1 aromatic rings. The number of hydrogen-bond donors (Lipinski definition) is 1. The van der Waals surface area contributed by atoms with Crippen LogP contribution in [0.3, 0.4) is 0 Å². The van der Waals surface area contributed by atoms with Crippen LogP contribution in [-0.2, 0) is 0 Å². The smallest absolute Gasteiger partial charge is 0.202 e. The number of hydrogen-bond acceptors (Lipinski definition) is 4. The lowest BCUT2D eigenvalue weighted by Crippen LogP contribution is -2.09. The Kier molecular flexibility index (Phi) is 3.47. The highest BCUT2D eigenvalue weighted by Gasteiger charge is 2.01. The predicted molar refractivity (Wildman–Crippen MR) is 52.6 cm³/mol. The summed E-state index contributed by atoms with van der Waals surface area (Å²) in [5.74, 6) is 1.56. The summed E-state index contributed by atoms with van der Waals surface area (Å²) in [7, 11) is 0. The van der Waals surface area contributed by atoms with Crippen molar-refractivity contribution in [3.8, 4) is 0 Å². The van der Waals surface area contributed by atoms with Gasteiger partial charge in [0.05, 0.1) is 0 Å². The Hall–Kier alpha value is -0.640. The highest BCUT2D eigenvalue weighted by atomic mass is 32.1. The lowest BCUT2D eigenvalue weighted by molar-refractivity contribution is 0.593. The summed E-state index contributed by atoms with van der Waals surface area (Å²) in [5, 5.41) is 4.20. The first kappa shape index (κ1) is 9.45. The van der Waals surface area contributed by atoms with Gasteiger partial charge in [-0.05, 0) is 12.8 Å². The predicted octanol–water partition coefficient (Wildman–Crippen LogP) is 2.30. The Morgan fingerprint density at radius 1 is 1.58 bits per heavy atom. The Morgan fingerprint density at radius 3 is 2.83 bits per heavy atom. The van der Waals surface area contributed by atoms with Crippen LogP contribution in [0.15, 0.2) is 0 Å². The first-order valence-electron chi connectivity index (χ1n) is 4.26. The highest BCUT2D eigenvalue weighted by Crippen LogP contribution is 2.11. The third-order valence-corrected chi connectivity index (χ3v) is 2.59. The van der Waals surface area contributed by atoms with Gasteiger partial charge in [-0.15, -0.1) is 0 Å². The van der Waals surface area contributed by atoms with Crippen molar-refractivity contribution in [2.45, 2.75) is 27.2 Å². The van der Waals surface area contributed by atoms with Crippen molar-refractivity contribution >= 4 is 16.7 Å². The van der Waals surface area contributed by atoms with E-state index in [-0.39, 0.29) is 0 Å².